The standard InChI is InChI=1S/C24H28N4O3.ClH/c1-3-6-19(26-24(30)31)16-11-12-28(14-16)23-17-10-9-15(2)13-20(17)25-22(27-23)18-7-4-5-8-21(18)29;/h4-5,7-10,13,16,19,26,29H,3,6,11-12,14H2,1-2H3,(H,30,31);1H/t16-,19?;/m0./s1. The number of phenolic OH excluding ortho intramolecular Hbond substituents is 1. The number of aromatic hydroxyl groups is 1. The van der Waals surface area contributed by atoms with Crippen LogP contribution in [0.3, 0.4) is 0 Å². The predicted octanol–water partition coefficient (Wildman–Crippen LogP) is 5.00. The Morgan fingerprint density at radius 3 is 2.75 bits per heavy atom. The van der Waals surface area contributed by atoms with Crippen LogP contribution in [-0.4, -0.2) is 45.4 Å². The van der Waals surface area contributed by atoms with Crippen molar-refractivity contribution >= 4 is 35.2 Å². The van der Waals surface area contributed by atoms with Crippen LogP contribution in [0.25, 0.3) is 22.3 Å². The zero-order valence-electron chi connectivity index (χ0n) is 18.3. The predicted molar refractivity (Wildman–Crippen MR) is 129 cm³/mol. The van der Waals surface area contributed by atoms with Crippen LogP contribution in [0.15, 0.2) is 42.5 Å². The van der Waals surface area contributed by atoms with Crippen molar-refractivity contribution in [1.29, 1.82) is 0 Å². The van der Waals surface area contributed by atoms with Crippen molar-refractivity contribution in [2.24, 2.45) is 5.92 Å². The zero-order valence-corrected chi connectivity index (χ0v) is 19.1. The molecule has 2 aromatic carbocycles. The molecular formula is C24H29ClN4O3. The van der Waals surface area contributed by atoms with Crippen LogP contribution in [0.5, 0.6) is 5.75 Å². The van der Waals surface area contributed by atoms with Gasteiger partial charge in [0, 0.05) is 24.5 Å². The second-order valence-electron chi connectivity index (χ2n) is 8.25. The smallest absolute Gasteiger partial charge is 0.404 e. The van der Waals surface area contributed by atoms with E-state index >= 15 is 0 Å². The fourth-order valence-electron chi connectivity index (χ4n) is 4.45. The fourth-order valence-corrected chi connectivity index (χ4v) is 4.45. The molecule has 1 amide bonds. The number of fused-ring (bicyclic) bond motifs is 1. The Morgan fingerprint density at radius 2 is 2.03 bits per heavy atom. The molecule has 2 atom stereocenters. The van der Waals surface area contributed by atoms with Crippen LogP contribution < -0.4 is 10.2 Å². The molecule has 32 heavy (non-hydrogen) atoms. The lowest BCUT2D eigenvalue weighted by molar-refractivity contribution is 0.183. The lowest BCUT2D eigenvalue weighted by atomic mass is 9.95. The van der Waals surface area contributed by atoms with E-state index in [-0.39, 0.29) is 30.1 Å². The molecule has 0 spiro atoms. The van der Waals surface area contributed by atoms with Crippen molar-refractivity contribution in [2.75, 3.05) is 18.0 Å². The Bertz CT molecular complexity index is 1110. The maximum atomic E-state index is 11.3. The van der Waals surface area contributed by atoms with Gasteiger partial charge < -0.3 is 20.4 Å². The number of amides is 1. The van der Waals surface area contributed by atoms with Crippen molar-refractivity contribution in [3.63, 3.8) is 0 Å². The molecule has 1 unspecified atom stereocenters. The Hall–Kier alpha value is -3.06. The molecule has 8 heteroatoms. The van der Waals surface area contributed by atoms with E-state index < -0.39 is 6.09 Å². The summed E-state index contributed by atoms with van der Waals surface area (Å²) in [4.78, 5) is 23.1. The Morgan fingerprint density at radius 1 is 1.25 bits per heavy atom. The van der Waals surface area contributed by atoms with Crippen molar-refractivity contribution in [3.8, 4) is 17.1 Å². The van der Waals surface area contributed by atoms with Crippen molar-refractivity contribution in [1.82, 2.24) is 15.3 Å². The number of benzene rings is 2. The molecule has 4 rings (SSSR count). The normalized spacial score (nSPS) is 16.6. The number of halogens is 1. The third kappa shape index (κ3) is 4.88. The van der Waals surface area contributed by atoms with Crippen molar-refractivity contribution in [3.05, 3.63) is 48.0 Å². The highest BCUT2D eigenvalue weighted by atomic mass is 35.5. The number of para-hydroxylation sites is 1. The minimum atomic E-state index is -0.971. The first-order valence-electron chi connectivity index (χ1n) is 10.8. The van der Waals surface area contributed by atoms with Crippen molar-refractivity contribution < 1.29 is 15.0 Å². The van der Waals surface area contributed by atoms with Gasteiger partial charge in [-0.1, -0.05) is 31.5 Å². The van der Waals surface area contributed by atoms with Gasteiger partial charge >= 0.3 is 6.09 Å². The third-order valence-corrected chi connectivity index (χ3v) is 5.98. The van der Waals surface area contributed by atoms with E-state index in [0.29, 0.717) is 11.4 Å². The molecule has 0 saturated carbocycles. The van der Waals surface area contributed by atoms with E-state index in [2.05, 4.69) is 17.1 Å². The number of hydrogen-bond acceptors (Lipinski definition) is 5. The van der Waals surface area contributed by atoms with E-state index in [1.54, 1.807) is 12.1 Å². The van der Waals surface area contributed by atoms with Crippen LogP contribution in [0.1, 0.15) is 31.7 Å². The van der Waals surface area contributed by atoms with Gasteiger partial charge in [-0.3, -0.25) is 0 Å². The van der Waals surface area contributed by atoms with E-state index in [1.807, 2.05) is 37.3 Å². The molecule has 1 saturated heterocycles. The molecule has 0 radical (unpaired) electrons. The van der Waals surface area contributed by atoms with Gasteiger partial charge in [0.2, 0.25) is 0 Å². The van der Waals surface area contributed by atoms with Gasteiger partial charge in [0.25, 0.3) is 0 Å². The molecule has 2 heterocycles. The highest BCUT2D eigenvalue weighted by molar-refractivity contribution is 5.92. The van der Waals surface area contributed by atoms with Crippen LogP contribution in [0.4, 0.5) is 10.6 Å². The molecule has 3 aromatic rings. The van der Waals surface area contributed by atoms with Crippen LogP contribution in [0, 0.1) is 12.8 Å². The molecule has 7 nitrogen and oxygen atoms in total. The first kappa shape index (κ1) is 23.6. The Labute approximate surface area is 193 Å². The van der Waals surface area contributed by atoms with Gasteiger partial charge in [-0.05, 0) is 55.5 Å². The van der Waals surface area contributed by atoms with Gasteiger partial charge in [0.15, 0.2) is 5.82 Å². The van der Waals surface area contributed by atoms with Gasteiger partial charge in [0.05, 0.1) is 11.1 Å². The summed E-state index contributed by atoms with van der Waals surface area (Å²) < 4.78 is 0. The van der Waals surface area contributed by atoms with Gasteiger partial charge in [-0.25, -0.2) is 14.8 Å². The lowest BCUT2D eigenvalue weighted by Gasteiger charge is -2.25. The largest absolute Gasteiger partial charge is 0.507 e. The maximum absolute atomic E-state index is 11.3. The molecule has 1 aromatic heterocycles. The van der Waals surface area contributed by atoms with E-state index in [9.17, 15) is 15.0 Å². The molecule has 1 aliphatic heterocycles. The zero-order chi connectivity index (χ0) is 22.0. The number of carbonyl (C=O) groups is 1. The summed E-state index contributed by atoms with van der Waals surface area (Å²) in [5.74, 6) is 1.69. The summed E-state index contributed by atoms with van der Waals surface area (Å²) in [5.41, 5.74) is 2.54. The Kier molecular flexibility index (Phi) is 7.40. The first-order chi connectivity index (χ1) is 15.0. The quantitative estimate of drug-likeness (QED) is 0.483. The highest BCUT2D eigenvalue weighted by Gasteiger charge is 2.32. The highest BCUT2D eigenvalue weighted by Crippen LogP contribution is 2.34. The number of aromatic nitrogens is 2. The van der Waals surface area contributed by atoms with Crippen molar-refractivity contribution in [2.45, 2.75) is 39.2 Å². The lowest BCUT2D eigenvalue weighted by Crippen LogP contribution is -2.40. The number of rotatable bonds is 6. The van der Waals surface area contributed by atoms with Crippen LogP contribution in [0.2, 0.25) is 0 Å². The molecule has 0 aliphatic carbocycles. The van der Waals surface area contributed by atoms with Gasteiger partial charge in [0.1, 0.15) is 11.6 Å². The minimum Gasteiger partial charge on any atom is -0.507 e. The van der Waals surface area contributed by atoms with Crippen LogP contribution in [-0.2, 0) is 0 Å². The first-order valence-corrected chi connectivity index (χ1v) is 10.8. The monoisotopic (exact) mass is 456 g/mol. The van der Waals surface area contributed by atoms with Gasteiger partial charge in [-0.2, -0.15) is 0 Å². The number of carboxylic acid groups (broad SMARTS) is 1. The minimum absolute atomic E-state index is 0. The summed E-state index contributed by atoms with van der Waals surface area (Å²) in [6, 6.07) is 13.1. The topological polar surface area (TPSA) is 98.6 Å². The second kappa shape index (κ2) is 10.0. The summed E-state index contributed by atoms with van der Waals surface area (Å²) in [6.45, 7) is 5.62. The molecule has 1 aliphatic rings. The van der Waals surface area contributed by atoms with Gasteiger partial charge in [-0.15, -0.1) is 12.4 Å². The fraction of sp³-hybridized carbons (Fsp3) is 0.375. The Balaban J connectivity index is 0.00000289. The summed E-state index contributed by atoms with van der Waals surface area (Å²) in [6.07, 6.45) is 1.67. The number of aryl methyl sites for hydroxylation is 1. The summed E-state index contributed by atoms with van der Waals surface area (Å²) in [7, 11) is 0. The molecular weight excluding hydrogens is 428 g/mol. The molecule has 0 bridgehead atoms. The van der Waals surface area contributed by atoms with E-state index in [4.69, 9.17) is 9.97 Å². The number of nitrogens with one attached hydrogen (secondary N) is 1. The average molecular weight is 457 g/mol. The van der Waals surface area contributed by atoms with E-state index in [1.165, 1.54) is 0 Å². The molecule has 1 fully saturated rings. The summed E-state index contributed by atoms with van der Waals surface area (Å²) >= 11 is 0. The maximum Gasteiger partial charge on any atom is 0.404 e. The second-order valence-corrected chi connectivity index (χ2v) is 8.25. The number of anilines is 1. The number of phenols is 1. The number of hydrogen-bond donors (Lipinski definition) is 3. The molecule has 170 valence electrons. The third-order valence-electron chi connectivity index (χ3n) is 5.98. The SMILES string of the molecule is CCCC(NC(=O)O)[C@H]1CCN(c2nc(-c3ccccc3O)nc3cc(C)ccc23)C1.Cl. The van der Waals surface area contributed by atoms with E-state index in [0.717, 1.165) is 54.6 Å². The molecule has 3 N–H and O–H groups in total. The summed E-state index contributed by atoms with van der Waals surface area (Å²) in [5, 5.41) is 23.3. The number of nitrogens with zero attached hydrogens (tertiary/aromatic N) is 3. The average Bonchev–Trinajstić information content (AvgIpc) is 3.22. The van der Waals surface area contributed by atoms with Crippen LogP contribution >= 0.6 is 12.4 Å².